The SMILES string of the molecule is COc1cc(OCC(O)CN2CCN(CCCOC(=O)c3cc(OC)c(OC)c(OC)c3)CC2)cc(OC)c1OC. The number of carbonyl (C=O) groups is 1. The Morgan fingerprint density at radius 1 is 0.756 bits per heavy atom. The largest absolute Gasteiger partial charge is 0.493 e. The van der Waals surface area contributed by atoms with Gasteiger partial charge in [0.1, 0.15) is 18.5 Å². The summed E-state index contributed by atoms with van der Waals surface area (Å²) in [5, 5.41) is 10.6. The highest BCUT2D eigenvalue weighted by molar-refractivity contribution is 5.91. The van der Waals surface area contributed by atoms with Crippen LogP contribution in [0.4, 0.5) is 0 Å². The molecule has 12 nitrogen and oxygen atoms in total. The van der Waals surface area contributed by atoms with Crippen molar-refractivity contribution in [2.24, 2.45) is 0 Å². The monoisotopic (exact) mass is 578 g/mol. The lowest BCUT2D eigenvalue weighted by atomic mass is 10.2. The second kappa shape index (κ2) is 16.0. The average molecular weight is 579 g/mol. The number of hydrogen-bond acceptors (Lipinski definition) is 12. The second-order valence-electron chi connectivity index (χ2n) is 9.37. The summed E-state index contributed by atoms with van der Waals surface area (Å²) in [4.78, 5) is 17.1. The Bertz CT molecular complexity index is 1070. The van der Waals surface area contributed by atoms with Gasteiger partial charge in [-0.15, -0.1) is 0 Å². The van der Waals surface area contributed by atoms with Gasteiger partial charge < -0.3 is 47.9 Å². The zero-order valence-corrected chi connectivity index (χ0v) is 24.8. The van der Waals surface area contributed by atoms with Crippen LogP contribution >= 0.6 is 0 Å². The van der Waals surface area contributed by atoms with Crippen LogP contribution in [0.3, 0.4) is 0 Å². The van der Waals surface area contributed by atoms with Gasteiger partial charge in [-0.1, -0.05) is 0 Å². The minimum absolute atomic E-state index is 0.135. The lowest BCUT2D eigenvalue weighted by Gasteiger charge is -2.35. The molecule has 0 bridgehead atoms. The second-order valence-corrected chi connectivity index (χ2v) is 9.37. The molecule has 0 aromatic heterocycles. The van der Waals surface area contributed by atoms with E-state index in [1.807, 2.05) is 0 Å². The maximum atomic E-state index is 12.6. The topological polar surface area (TPSA) is 118 Å². The molecule has 228 valence electrons. The average Bonchev–Trinajstić information content (AvgIpc) is 3.01. The van der Waals surface area contributed by atoms with Crippen molar-refractivity contribution in [3.63, 3.8) is 0 Å². The predicted octanol–water partition coefficient (Wildman–Crippen LogP) is 2.34. The molecular weight excluding hydrogens is 536 g/mol. The first kappa shape index (κ1) is 31.9. The summed E-state index contributed by atoms with van der Waals surface area (Å²) in [6.45, 7) is 5.12. The molecule has 1 aliphatic rings. The fourth-order valence-corrected chi connectivity index (χ4v) is 4.61. The van der Waals surface area contributed by atoms with E-state index in [-0.39, 0.29) is 6.61 Å². The number of rotatable bonds is 16. The molecule has 0 spiro atoms. The van der Waals surface area contributed by atoms with Gasteiger partial charge in [-0.05, 0) is 18.6 Å². The van der Waals surface area contributed by atoms with Crippen LogP contribution in [0.25, 0.3) is 0 Å². The number of esters is 1. The molecule has 1 unspecified atom stereocenters. The minimum Gasteiger partial charge on any atom is -0.493 e. The predicted molar refractivity (Wildman–Crippen MR) is 151 cm³/mol. The molecule has 1 fully saturated rings. The standard InChI is InChI=1S/C29H42N2O10/c1-34-23-14-20(15-24(35-2)27(23)38-5)29(33)40-13-7-8-30-9-11-31(12-10-30)18-21(32)19-41-22-16-25(36-3)28(39-6)26(17-22)37-4/h14-17,21,32H,7-13,18-19H2,1-6H3. The van der Waals surface area contributed by atoms with Crippen LogP contribution in [0.15, 0.2) is 24.3 Å². The van der Waals surface area contributed by atoms with Crippen LogP contribution in [0.5, 0.6) is 40.2 Å². The molecule has 1 heterocycles. The van der Waals surface area contributed by atoms with Gasteiger partial charge in [0.05, 0.1) is 54.8 Å². The zero-order chi connectivity index (χ0) is 29.8. The summed E-state index contributed by atoms with van der Waals surface area (Å²) in [5.41, 5.74) is 0.334. The van der Waals surface area contributed by atoms with Gasteiger partial charge in [0.2, 0.25) is 11.5 Å². The molecule has 3 rings (SSSR count). The Kier molecular flexibility index (Phi) is 12.4. The highest BCUT2D eigenvalue weighted by atomic mass is 16.5. The minimum atomic E-state index is -0.657. The lowest BCUT2D eigenvalue weighted by molar-refractivity contribution is 0.0400. The number of β-amino-alcohol motifs (C(OH)–C–C–N with tert-alkyl or cyclic N) is 1. The maximum Gasteiger partial charge on any atom is 0.338 e. The number of methoxy groups -OCH3 is 6. The van der Waals surface area contributed by atoms with Gasteiger partial charge in [-0.25, -0.2) is 4.79 Å². The van der Waals surface area contributed by atoms with Crippen molar-refractivity contribution in [3.8, 4) is 40.2 Å². The van der Waals surface area contributed by atoms with E-state index in [1.165, 1.54) is 21.3 Å². The summed E-state index contributed by atoms with van der Waals surface area (Å²) in [6.07, 6.45) is 0.0526. The summed E-state index contributed by atoms with van der Waals surface area (Å²) in [7, 11) is 9.13. The van der Waals surface area contributed by atoms with Crippen molar-refractivity contribution in [2.45, 2.75) is 12.5 Å². The number of nitrogens with zero attached hydrogens (tertiary/aromatic N) is 2. The molecule has 2 aromatic rings. The fourth-order valence-electron chi connectivity index (χ4n) is 4.61. The first-order valence-electron chi connectivity index (χ1n) is 13.4. The molecule has 0 amide bonds. The smallest absolute Gasteiger partial charge is 0.338 e. The van der Waals surface area contributed by atoms with Gasteiger partial charge >= 0.3 is 5.97 Å². The van der Waals surface area contributed by atoms with Crippen LogP contribution in [-0.2, 0) is 4.74 Å². The Morgan fingerprint density at radius 2 is 1.24 bits per heavy atom. The van der Waals surface area contributed by atoms with Gasteiger partial charge in [-0.2, -0.15) is 0 Å². The van der Waals surface area contributed by atoms with Crippen molar-refractivity contribution in [2.75, 3.05) is 95.1 Å². The third-order valence-electron chi connectivity index (χ3n) is 6.77. The number of piperazine rings is 1. The molecule has 0 saturated carbocycles. The van der Waals surface area contributed by atoms with Crippen LogP contribution < -0.4 is 33.2 Å². The normalized spacial score (nSPS) is 14.6. The van der Waals surface area contributed by atoms with Crippen molar-refractivity contribution in [1.82, 2.24) is 9.80 Å². The highest BCUT2D eigenvalue weighted by Crippen LogP contribution is 2.41. The Hall–Kier alpha value is -3.61. The Morgan fingerprint density at radius 3 is 1.73 bits per heavy atom. The zero-order valence-electron chi connectivity index (χ0n) is 24.8. The first-order valence-corrected chi connectivity index (χ1v) is 13.4. The summed E-state index contributed by atoms with van der Waals surface area (Å²) in [5.74, 6) is 2.75. The molecule has 1 N–H and O–H groups in total. The molecule has 2 aromatic carbocycles. The van der Waals surface area contributed by atoms with Crippen molar-refractivity contribution in [1.29, 1.82) is 0 Å². The van der Waals surface area contributed by atoms with Gasteiger partial charge in [-0.3, -0.25) is 4.90 Å². The van der Waals surface area contributed by atoms with Gasteiger partial charge in [0, 0.05) is 51.4 Å². The van der Waals surface area contributed by atoms with Crippen molar-refractivity contribution in [3.05, 3.63) is 29.8 Å². The van der Waals surface area contributed by atoms with E-state index in [2.05, 4.69) is 9.80 Å². The molecular formula is C29H42N2O10. The Balaban J connectivity index is 1.37. The van der Waals surface area contributed by atoms with E-state index in [1.54, 1.807) is 45.6 Å². The first-order chi connectivity index (χ1) is 19.9. The van der Waals surface area contributed by atoms with Crippen LogP contribution in [0.2, 0.25) is 0 Å². The number of hydrogen-bond donors (Lipinski definition) is 1. The quantitative estimate of drug-likeness (QED) is 0.233. The Labute approximate surface area is 241 Å². The molecule has 1 atom stereocenters. The molecule has 0 radical (unpaired) electrons. The van der Waals surface area contributed by atoms with Crippen molar-refractivity contribution < 1.29 is 47.8 Å². The van der Waals surface area contributed by atoms with Crippen molar-refractivity contribution >= 4 is 5.97 Å². The molecule has 0 aliphatic carbocycles. The summed E-state index contributed by atoms with van der Waals surface area (Å²) >= 11 is 0. The number of carbonyl (C=O) groups excluding carboxylic acids is 1. The van der Waals surface area contributed by atoms with Crippen LogP contribution in [-0.4, -0.2) is 122 Å². The third-order valence-corrected chi connectivity index (χ3v) is 6.77. The molecule has 1 aliphatic heterocycles. The molecule has 1 saturated heterocycles. The molecule has 12 heteroatoms. The van der Waals surface area contributed by atoms with Crippen LogP contribution in [0, 0.1) is 0 Å². The van der Waals surface area contributed by atoms with Crippen LogP contribution in [0.1, 0.15) is 16.8 Å². The van der Waals surface area contributed by atoms with E-state index in [4.69, 9.17) is 37.9 Å². The highest BCUT2D eigenvalue weighted by Gasteiger charge is 2.21. The van der Waals surface area contributed by atoms with Gasteiger partial charge in [0.25, 0.3) is 0 Å². The number of aliphatic hydroxyl groups excluding tert-OH is 1. The third kappa shape index (κ3) is 8.69. The lowest BCUT2D eigenvalue weighted by Crippen LogP contribution is -2.49. The summed E-state index contributed by atoms with van der Waals surface area (Å²) < 4.78 is 43.2. The fraction of sp³-hybridized carbons (Fsp3) is 0.552. The van der Waals surface area contributed by atoms with E-state index >= 15 is 0 Å². The van der Waals surface area contributed by atoms with E-state index in [9.17, 15) is 9.90 Å². The van der Waals surface area contributed by atoms with E-state index in [0.29, 0.717) is 65.4 Å². The number of aliphatic hydroxyl groups is 1. The number of ether oxygens (including phenoxy) is 8. The van der Waals surface area contributed by atoms with E-state index in [0.717, 1.165) is 32.7 Å². The van der Waals surface area contributed by atoms with E-state index < -0.39 is 12.1 Å². The number of benzene rings is 2. The molecule has 41 heavy (non-hydrogen) atoms. The summed E-state index contributed by atoms with van der Waals surface area (Å²) in [6, 6.07) is 6.56. The maximum absolute atomic E-state index is 12.6. The van der Waals surface area contributed by atoms with Gasteiger partial charge in [0.15, 0.2) is 23.0 Å².